The predicted octanol–water partition coefficient (Wildman–Crippen LogP) is 1.73. The number of aliphatic hydroxyl groups is 1. The maximum Gasteiger partial charge on any atom is 0.119 e. The second-order valence-corrected chi connectivity index (χ2v) is 4.28. The van der Waals surface area contributed by atoms with Crippen molar-refractivity contribution in [2.24, 2.45) is 0 Å². The van der Waals surface area contributed by atoms with Crippen LogP contribution in [0.1, 0.15) is 19.4 Å². The smallest absolute Gasteiger partial charge is 0.119 e. The molecule has 0 saturated heterocycles. The zero-order valence-corrected chi connectivity index (χ0v) is 10.2. The Hall–Kier alpha value is -1.06. The zero-order chi connectivity index (χ0) is 12.0. The first-order valence-corrected chi connectivity index (χ1v) is 5.69. The molecule has 2 N–H and O–H groups in total. The van der Waals surface area contributed by atoms with Gasteiger partial charge in [-0.15, -0.1) is 0 Å². The summed E-state index contributed by atoms with van der Waals surface area (Å²) >= 11 is 0. The van der Waals surface area contributed by atoms with Gasteiger partial charge in [-0.1, -0.05) is 17.7 Å². The highest BCUT2D eigenvalue weighted by Gasteiger charge is 2.03. The van der Waals surface area contributed by atoms with Gasteiger partial charge in [-0.05, 0) is 32.9 Å². The van der Waals surface area contributed by atoms with E-state index in [1.54, 1.807) is 6.92 Å². The van der Waals surface area contributed by atoms with Crippen LogP contribution in [0.5, 0.6) is 5.75 Å². The van der Waals surface area contributed by atoms with Gasteiger partial charge in [0.2, 0.25) is 0 Å². The Balaban J connectivity index is 2.26. The third-order valence-electron chi connectivity index (χ3n) is 2.28. The molecule has 3 heteroatoms. The first-order chi connectivity index (χ1) is 7.58. The topological polar surface area (TPSA) is 41.5 Å². The van der Waals surface area contributed by atoms with Crippen LogP contribution < -0.4 is 10.1 Å². The Morgan fingerprint density at radius 1 is 1.25 bits per heavy atom. The van der Waals surface area contributed by atoms with Gasteiger partial charge in [0.1, 0.15) is 12.4 Å². The highest BCUT2D eigenvalue weighted by atomic mass is 16.5. The average molecular weight is 223 g/mol. The van der Waals surface area contributed by atoms with Gasteiger partial charge in [-0.25, -0.2) is 0 Å². The van der Waals surface area contributed by atoms with Crippen molar-refractivity contribution in [1.29, 1.82) is 0 Å². The van der Waals surface area contributed by atoms with Crippen LogP contribution in [0.25, 0.3) is 0 Å². The fraction of sp³-hybridized carbons (Fsp3) is 0.538. The fourth-order valence-electron chi connectivity index (χ4n) is 1.29. The van der Waals surface area contributed by atoms with E-state index in [9.17, 15) is 0 Å². The molecule has 3 nitrogen and oxygen atoms in total. The third-order valence-corrected chi connectivity index (χ3v) is 2.28. The lowest BCUT2D eigenvalue weighted by Gasteiger charge is -2.16. The molecule has 0 amide bonds. The van der Waals surface area contributed by atoms with E-state index in [1.165, 1.54) is 5.56 Å². The van der Waals surface area contributed by atoms with Crippen molar-refractivity contribution in [1.82, 2.24) is 5.32 Å². The van der Waals surface area contributed by atoms with Gasteiger partial charge in [0, 0.05) is 12.6 Å². The first-order valence-electron chi connectivity index (χ1n) is 5.69. The lowest BCUT2D eigenvalue weighted by atomic mass is 10.2. The molecule has 0 aromatic heterocycles. The van der Waals surface area contributed by atoms with Crippen molar-refractivity contribution in [3.63, 3.8) is 0 Å². The number of aliphatic hydroxyl groups excluding tert-OH is 1. The van der Waals surface area contributed by atoms with Gasteiger partial charge in [-0.2, -0.15) is 0 Å². The molecule has 1 aromatic rings. The van der Waals surface area contributed by atoms with E-state index in [0.717, 1.165) is 5.75 Å². The van der Waals surface area contributed by atoms with Crippen molar-refractivity contribution in [2.45, 2.75) is 32.9 Å². The molecule has 0 bridgehead atoms. The summed E-state index contributed by atoms with van der Waals surface area (Å²) in [6.07, 6.45) is -0.318. The standard InChI is InChI=1S/C13H21NO2/c1-10-4-6-13(7-5-10)16-9-11(2)14-8-12(3)15/h4-7,11-12,14-15H,8-9H2,1-3H3/t11?,12-/m1/s1. The van der Waals surface area contributed by atoms with Crippen LogP contribution >= 0.6 is 0 Å². The second kappa shape index (κ2) is 6.51. The van der Waals surface area contributed by atoms with Crippen molar-refractivity contribution in [2.75, 3.05) is 13.2 Å². The van der Waals surface area contributed by atoms with E-state index < -0.39 is 0 Å². The van der Waals surface area contributed by atoms with Crippen molar-refractivity contribution < 1.29 is 9.84 Å². The van der Waals surface area contributed by atoms with Crippen LogP contribution in [-0.2, 0) is 0 Å². The molecule has 0 heterocycles. The van der Waals surface area contributed by atoms with Gasteiger partial charge in [0.05, 0.1) is 6.10 Å². The molecule has 1 unspecified atom stereocenters. The van der Waals surface area contributed by atoms with E-state index in [4.69, 9.17) is 9.84 Å². The van der Waals surface area contributed by atoms with E-state index in [2.05, 4.69) is 12.2 Å². The summed E-state index contributed by atoms with van der Waals surface area (Å²) < 4.78 is 5.61. The molecule has 16 heavy (non-hydrogen) atoms. The first kappa shape index (κ1) is 13.0. The largest absolute Gasteiger partial charge is 0.492 e. The summed E-state index contributed by atoms with van der Waals surface area (Å²) in [5.74, 6) is 0.885. The Morgan fingerprint density at radius 3 is 2.44 bits per heavy atom. The highest BCUT2D eigenvalue weighted by molar-refractivity contribution is 5.26. The summed E-state index contributed by atoms with van der Waals surface area (Å²) in [5.41, 5.74) is 1.23. The molecule has 1 rings (SSSR count). The number of benzene rings is 1. The van der Waals surface area contributed by atoms with Crippen LogP contribution in [0.2, 0.25) is 0 Å². The van der Waals surface area contributed by atoms with Crippen molar-refractivity contribution in [3.8, 4) is 5.75 Å². The SMILES string of the molecule is Cc1ccc(OCC(C)NC[C@@H](C)O)cc1. The van der Waals surface area contributed by atoms with Gasteiger partial charge >= 0.3 is 0 Å². The molecule has 1 aromatic carbocycles. The van der Waals surface area contributed by atoms with E-state index in [1.807, 2.05) is 31.2 Å². The molecule has 2 atom stereocenters. The maximum atomic E-state index is 9.11. The van der Waals surface area contributed by atoms with Gasteiger partial charge in [-0.3, -0.25) is 0 Å². The quantitative estimate of drug-likeness (QED) is 0.771. The minimum atomic E-state index is -0.318. The predicted molar refractivity (Wildman–Crippen MR) is 65.8 cm³/mol. The number of hydrogen-bond acceptors (Lipinski definition) is 3. The molecular weight excluding hydrogens is 202 g/mol. The second-order valence-electron chi connectivity index (χ2n) is 4.28. The molecular formula is C13H21NO2. The minimum absolute atomic E-state index is 0.232. The van der Waals surface area contributed by atoms with Gasteiger partial charge < -0.3 is 15.2 Å². The van der Waals surface area contributed by atoms with Crippen molar-refractivity contribution in [3.05, 3.63) is 29.8 Å². The number of aryl methyl sites for hydroxylation is 1. The summed E-state index contributed by atoms with van der Waals surface area (Å²) in [6, 6.07) is 8.23. The number of rotatable bonds is 6. The van der Waals surface area contributed by atoms with Crippen LogP contribution in [0.4, 0.5) is 0 Å². The van der Waals surface area contributed by atoms with E-state index in [-0.39, 0.29) is 12.1 Å². The molecule has 0 aliphatic heterocycles. The number of nitrogens with one attached hydrogen (secondary N) is 1. The summed E-state index contributed by atoms with van der Waals surface area (Å²) in [7, 11) is 0. The van der Waals surface area contributed by atoms with Crippen LogP contribution in [0.3, 0.4) is 0 Å². The molecule has 0 saturated carbocycles. The Bertz CT molecular complexity index is 295. The van der Waals surface area contributed by atoms with Crippen LogP contribution in [0, 0.1) is 6.92 Å². The monoisotopic (exact) mass is 223 g/mol. The molecule has 0 spiro atoms. The average Bonchev–Trinajstić information content (AvgIpc) is 2.25. The Labute approximate surface area is 97.4 Å². The molecule has 0 fully saturated rings. The van der Waals surface area contributed by atoms with Gasteiger partial charge in [0.25, 0.3) is 0 Å². The van der Waals surface area contributed by atoms with Gasteiger partial charge in [0.15, 0.2) is 0 Å². The van der Waals surface area contributed by atoms with Crippen LogP contribution in [-0.4, -0.2) is 30.4 Å². The lowest BCUT2D eigenvalue weighted by Crippen LogP contribution is -2.36. The third kappa shape index (κ3) is 5.14. The Kier molecular flexibility index (Phi) is 5.29. The van der Waals surface area contributed by atoms with Crippen LogP contribution in [0.15, 0.2) is 24.3 Å². The zero-order valence-electron chi connectivity index (χ0n) is 10.2. The fourth-order valence-corrected chi connectivity index (χ4v) is 1.29. The number of ether oxygens (including phenoxy) is 1. The summed E-state index contributed by atoms with van der Waals surface area (Å²) in [5, 5.41) is 12.3. The van der Waals surface area contributed by atoms with E-state index >= 15 is 0 Å². The minimum Gasteiger partial charge on any atom is -0.492 e. The highest BCUT2D eigenvalue weighted by Crippen LogP contribution is 2.11. The lowest BCUT2D eigenvalue weighted by molar-refractivity contribution is 0.178. The Morgan fingerprint density at radius 2 is 1.88 bits per heavy atom. The molecule has 0 radical (unpaired) electrons. The molecule has 0 aliphatic rings. The van der Waals surface area contributed by atoms with E-state index in [0.29, 0.717) is 13.2 Å². The molecule has 90 valence electrons. The summed E-state index contributed by atoms with van der Waals surface area (Å²) in [6.45, 7) is 7.06. The number of hydrogen-bond donors (Lipinski definition) is 2. The normalized spacial score (nSPS) is 14.5. The van der Waals surface area contributed by atoms with Crippen molar-refractivity contribution >= 4 is 0 Å². The molecule has 0 aliphatic carbocycles. The maximum absolute atomic E-state index is 9.11. The summed E-state index contributed by atoms with van der Waals surface area (Å²) in [4.78, 5) is 0.